The fraction of sp³-hybridized carbons (Fsp3) is 0.364. The highest BCUT2D eigenvalue weighted by atomic mass is 32.1. The first-order chi connectivity index (χ1) is 7.15. The molecule has 15 heavy (non-hydrogen) atoms. The van der Waals surface area contributed by atoms with Crippen LogP contribution in [0.3, 0.4) is 0 Å². The third-order valence-electron chi connectivity index (χ3n) is 2.02. The van der Waals surface area contributed by atoms with Crippen molar-refractivity contribution in [3.8, 4) is 5.75 Å². The molecule has 1 aromatic rings. The van der Waals surface area contributed by atoms with Gasteiger partial charge in [-0.05, 0) is 18.6 Å². The molecule has 0 amide bonds. The molecule has 0 heterocycles. The van der Waals surface area contributed by atoms with Crippen LogP contribution in [0.25, 0.3) is 0 Å². The Kier molecular flexibility index (Phi) is 4.52. The maximum atomic E-state index is 5.54. The maximum absolute atomic E-state index is 5.54. The fourth-order valence-corrected chi connectivity index (χ4v) is 1.27. The van der Waals surface area contributed by atoms with Gasteiger partial charge < -0.3 is 15.2 Å². The van der Waals surface area contributed by atoms with Crippen LogP contribution in [0.1, 0.15) is 11.1 Å². The van der Waals surface area contributed by atoms with Crippen LogP contribution in [0.2, 0.25) is 0 Å². The van der Waals surface area contributed by atoms with E-state index in [4.69, 9.17) is 27.4 Å². The van der Waals surface area contributed by atoms with E-state index < -0.39 is 0 Å². The van der Waals surface area contributed by atoms with Gasteiger partial charge in [0, 0.05) is 12.7 Å². The van der Waals surface area contributed by atoms with Crippen molar-refractivity contribution in [1.29, 1.82) is 0 Å². The third kappa shape index (κ3) is 3.49. The maximum Gasteiger partial charge on any atom is 0.123 e. The first-order valence-corrected chi connectivity index (χ1v) is 5.08. The molecule has 1 aromatic carbocycles. The van der Waals surface area contributed by atoms with Gasteiger partial charge in [-0.25, -0.2) is 0 Å². The van der Waals surface area contributed by atoms with Gasteiger partial charge in [0.15, 0.2) is 0 Å². The van der Waals surface area contributed by atoms with Crippen molar-refractivity contribution in [1.82, 2.24) is 0 Å². The van der Waals surface area contributed by atoms with E-state index in [1.54, 1.807) is 7.11 Å². The second kappa shape index (κ2) is 5.68. The van der Waals surface area contributed by atoms with Crippen LogP contribution in [0.5, 0.6) is 5.75 Å². The topological polar surface area (TPSA) is 44.5 Å². The molecule has 0 aliphatic heterocycles. The summed E-state index contributed by atoms with van der Waals surface area (Å²) in [5.74, 6) is 0.803. The molecule has 0 saturated carbocycles. The van der Waals surface area contributed by atoms with Gasteiger partial charge in [-0.3, -0.25) is 0 Å². The minimum Gasteiger partial charge on any atom is -0.491 e. The van der Waals surface area contributed by atoms with Gasteiger partial charge in [-0.2, -0.15) is 0 Å². The molecule has 1 rings (SSSR count). The van der Waals surface area contributed by atoms with Crippen molar-refractivity contribution in [3.63, 3.8) is 0 Å². The van der Waals surface area contributed by atoms with Gasteiger partial charge in [0.25, 0.3) is 0 Å². The van der Waals surface area contributed by atoms with E-state index in [-0.39, 0.29) is 0 Å². The number of hydrogen-bond acceptors (Lipinski definition) is 3. The van der Waals surface area contributed by atoms with E-state index in [2.05, 4.69) is 0 Å². The summed E-state index contributed by atoms with van der Waals surface area (Å²) >= 11 is 4.90. The van der Waals surface area contributed by atoms with Crippen molar-refractivity contribution >= 4 is 17.2 Å². The van der Waals surface area contributed by atoms with Crippen LogP contribution in [0.15, 0.2) is 18.2 Å². The van der Waals surface area contributed by atoms with Crippen LogP contribution in [0.4, 0.5) is 0 Å². The quantitative estimate of drug-likeness (QED) is 0.611. The van der Waals surface area contributed by atoms with Crippen molar-refractivity contribution in [2.45, 2.75) is 6.92 Å². The largest absolute Gasteiger partial charge is 0.491 e. The summed E-state index contributed by atoms with van der Waals surface area (Å²) in [5, 5.41) is 0. The van der Waals surface area contributed by atoms with E-state index in [0.29, 0.717) is 18.2 Å². The summed E-state index contributed by atoms with van der Waals surface area (Å²) in [4.78, 5) is 0.381. The molecule has 0 unspecified atom stereocenters. The van der Waals surface area contributed by atoms with Crippen molar-refractivity contribution in [3.05, 3.63) is 29.3 Å². The normalized spacial score (nSPS) is 10.0. The first kappa shape index (κ1) is 11.9. The molecule has 0 atom stereocenters. The molecule has 0 aliphatic rings. The number of hydrogen-bond donors (Lipinski definition) is 1. The molecule has 0 saturated heterocycles. The molecular formula is C11H15NO2S. The minimum absolute atomic E-state index is 0.381. The van der Waals surface area contributed by atoms with Crippen LogP contribution in [0, 0.1) is 6.92 Å². The summed E-state index contributed by atoms with van der Waals surface area (Å²) < 4.78 is 10.4. The number of nitrogens with two attached hydrogens (primary N) is 1. The lowest BCUT2D eigenvalue weighted by Gasteiger charge is -2.10. The molecule has 0 fully saturated rings. The monoisotopic (exact) mass is 225 g/mol. The lowest BCUT2D eigenvalue weighted by molar-refractivity contribution is 0.146. The van der Waals surface area contributed by atoms with Gasteiger partial charge >= 0.3 is 0 Å². The Bertz CT molecular complexity index is 352. The molecule has 0 bridgehead atoms. The Labute approximate surface area is 95.2 Å². The van der Waals surface area contributed by atoms with E-state index in [1.165, 1.54) is 0 Å². The minimum atomic E-state index is 0.381. The Balaban J connectivity index is 2.76. The van der Waals surface area contributed by atoms with Crippen LogP contribution in [-0.2, 0) is 4.74 Å². The lowest BCUT2D eigenvalue weighted by Crippen LogP contribution is -2.10. The van der Waals surface area contributed by atoms with Gasteiger partial charge in [0.2, 0.25) is 0 Å². The SMILES string of the molecule is COCCOc1cc(C(N)=S)ccc1C. The van der Waals surface area contributed by atoms with Crippen molar-refractivity contribution < 1.29 is 9.47 Å². The second-order valence-corrected chi connectivity index (χ2v) is 3.63. The molecular weight excluding hydrogens is 210 g/mol. The molecule has 0 aromatic heterocycles. The Morgan fingerprint density at radius 3 is 2.73 bits per heavy atom. The van der Waals surface area contributed by atoms with Crippen LogP contribution >= 0.6 is 12.2 Å². The van der Waals surface area contributed by atoms with Gasteiger partial charge in [0.05, 0.1) is 6.61 Å². The van der Waals surface area contributed by atoms with Crippen molar-refractivity contribution in [2.75, 3.05) is 20.3 Å². The Morgan fingerprint density at radius 1 is 1.40 bits per heavy atom. The molecule has 0 radical (unpaired) electrons. The second-order valence-electron chi connectivity index (χ2n) is 3.19. The smallest absolute Gasteiger partial charge is 0.123 e. The molecule has 4 heteroatoms. The van der Waals surface area contributed by atoms with Gasteiger partial charge in [-0.1, -0.05) is 24.4 Å². The summed E-state index contributed by atoms with van der Waals surface area (Å²) in [6.45, 7) is 3.07. The number of rotatable bonds is 5. The zero-order valence-corrected chi connectivity index (χ0v) is 9.76. The molecule has 82 valence electrons. The first-order valence-electron chi connectivity index (χ1n) is 4.67. The van der Waals surface area contributed by atoms with Gasteiger partial charge in [0.1, 0.15) is 17.3 Å². The fourth-order valence-electron chi connectivity index (χ4n) is 1.14. The summed E-state index contributed by atoms with van der Waals surface area (Å²) in [7, 11) is 1.64. The Hall–Kier alpha value is -1.13. The summed E-state index contributed by atoms with van der Waals surface area (Å²) in [6.07, 6.45) is 0. The van der Waals surface area contributed by atoms with Gasteiger partial charge in [-0.15, -0.1) is 0 Å². The molecule has 3 nitrogen and oxygen atoms in total. The predicted octanol–water partition coefficient (Wildman–Crippen LogP) is 1.65. The highest BCUT2D eigenvalue weighted by Crippen LogP contribution is 2.19. The summed E-state index contributed by atoms with van der Waals surface area (Å²) in [6, 6.07) is 5.69. The number of aryl methyl sites for hydroxylation is 1. The predicted molar refractivity (Wildman–Crippen MR) is 64.4 cm³/mol. The number of thiocarbonyl (C=S) groups is 1. The number of methoxy groups -OCH3 is 1. The molecule has 0 spiro atoms. The zero-order valence-electron chi connectivity index (χ0n) is 8.95. The standard InChI is InChI=1S/C11H15NO2S/c1-8-3-4-9(11(12)15)7-10(8)14-6-5-13-2/h3-4,7H,5-6H2,1-2H3,(H2,12,15). The average Bonchev–Trinajstić information content (AvgIpc) is 2.20. The summed E-state index contributed by atoms with van der Waals surface area (Å²) in [5.41, 5.74) is 7.42. The number of ether oxygens (including phenoxy) is 2. The van der Waals surface area contributed by atoms with E-state index in [1.807, 2.05) is 25.1 Å². The third-order valence-corrected chi connectivity index (χ3v) is 2.25. The van der Waals surface area contributed by atoms with Crippen LogP contribution < -0.4 is 10.5 Å². The van der Waals surface area contributed by atoms with Crippen LogP contribution in [-0.4, -0.2) is 25.3 Å². The Morgan fingerprint density at radius 2 is 2.13 bits per heavy atom. The molecule has 0 aliphatic carbocycles. The van der Waals surface area contributed by atoms with E-state index >= 15 is 0 Å². The average molecular weight is 225 g/mol. The zero-order chi connectivity index (χ0) is 11.3. The molecule has 2 N–H and O–H groups in total. The number of benzene rings is 1. The lowest BCUT2D eigenvalue weighted by atomic mass is 10.1. The van der Waals surface area contributed by atoms with E-state index in [0.717, 1.165) is 16.9 Å². The highest BCUT2D eigenvalue weighted by molar-refractivity contribution is 7.80. The highest BCUT2D eigenvalue weighted by Gasteiger charge is 2.03. The van der Waals surface area contributed by atoms with Crippen molar-refractivity contribution in [2.24, 2.45) is 5.73 Å². The van der Waals surface area contributed by atoms with E-state index in [9.17, 15) is 0 Å².